The van der Waals surface area contributed by atoms with Crippen LogP contribution in [0.25, 0.3) is 0 Å². The van der Waals surface area contributed by atoms with E-state index in [0.29, 0.717) is 24.3 Å². The largest absolute Gasteiger partial charge is 0.507 e. The van der Waals surface area contributed by atoms with Gasteiger partial charge in [-0.2, -0.15) is 0 Å². The summed E-state index contributed by atoms with van der Waals surface area (Å²) in [5, 5.41) is 35.8. The Morgan fingerprint density at radius 1 is 0.882 bits per heavy atom. The lowest BCUT2D eigenvalue weighted by Crippen LogP contribution is -2.55. The quantitative estimate of drug-likeness (QED) is 0.373. The van der Waals surface area contributed by atoms with E-state index in [1.54, 1.807) is 6.92 Å². The SMILES string of the molecule is CCC(CO)(CO)NC(=O)Nc1ccccc1CCc1cc(C(C)(C)C)c(O)c(C(C)(C)C)c1. The molecule has 0 atom stereocenters. The van der Waals surface area contributed by atoms with Crippen molar-refractivity contribution in [3.05, 3.63) is 58.7 Å². The van der Waals surface area contributed by atoms with Crippen LogP contribution in [-0.4, -0.2) is 40.1 Å². The van der Waals surface area contributed by atoms with Crippen molar-refractivity contribution in [1.29, 1.82) is 0 Å². The molecule has 0 unspecified atom stereocenters. The van der Waals surface area contributed by atoms with Gasteiger partial charge in [0.25, 0.3) is 0 Å². The third-order valence-corrected chi connectivity index (χ3v) is 6.40. The van der Waals surface area contributed by atoms with Gasteiger partial charge in [-0.3, -0.25) is 0 Å². The van der Waals surface area contributed by atoms with E-state index in [1.807, 2.05) is 24.3 Å². The summed E-state index contributed by atoms with van der Waals surface area (Å²) in [6, 6.07) is 11.3. The standard InChI is InChI=1S/C28H42N2O4/c1-8-28(17-31,18-32)30-25(34)29-23-12-10-9-11-20(23)14-13-19-15-21(26(2,3)4)24(33)22(16-19)27(5,6)7/h9-12,15-16,31-33H,8,13-14,17-18H2,1-7H3,(H2,29,30,34). The van der Waals surface area contributed by atoms with Gasteiger partial charge in [-0.05, 0) is 58.4 Å². The van der Waals surface area contributed by atoms with Gasteiger partial charge in [0, 0.05) is 5.69 Å². The molecule has 6 heteroatoms. The summed E-state index contributed by atoms with van der Waals surface area (Å²) >= 11 is 0. The molecule has 0 saturated carbocycles. The molecule has 2 aromatic rings. The number of hydrogen-bond acceptors (Lipinski definition) is 4. The van der Waals surface area contributed by atoms with Crippen LogP contribution in [0.3, 0.4) is 0 Å². The van der Waals surface area contributed by atoms with Crippen LogP contribution in [0, 0.1) is 0 Å². The van der Waals surface area contributed by atoms with Crippen molar-refractivity contribution in [2.24, 2.45) is 0 Å². The first kappa shape index (κ1) is 27.7. The Kier molecular flexibility index (Phi) is 8.78. The summed E-state index contributed by atoms with van der Waals surface area (Å²) in [6.07, 6.45) is 1.86. The Hall–Kier alpha value is -2.57. The van der Waals surface area contributed by atoms with Crippen LogP contribution >= 0.6 is 0 Å². The van der Waals surface area contributed by atoms with Crippen molar-refractivity contribution in [1.82, 2.24) is 5.32 Å². The summed E-state index contributed by atoms with van der Waals surface area (Å²) in [6.45, 7) is 13.7. The van der Waals surface area contributed by atoms with Crippen molar-refractivity contribution in [3.63, 3.8) is 0 Å². The van der Waals surface area contributed by atoms with Crippen molar-refractivity contribution in [3.8, 4) is 5.75 Å². The zero-order valence-corrected chi connectivity index (χ0v) is 21.7. The van der Waals surface area contributed by atoms with Crippen molar-refractivity contribution in [2.45, 2.75) is 84.1 Å². The minimum absolute atomic E-state index is 0.192. The van der Waals surface area contributed by atoms with Crippen LogP contribution < -0.4 is 10.6 Å². The normalized spacial score (nSPS) is 12.5. The average molecular weight is 471 g/mol. The van der Waals surface area contributed by atoms with Gasteiger partial charge >= 0.3 is 6.03 Å². The maximum atomic E-state index is 12.6. The van der Waals surface area contributed by atoms with Gasteiger partial charge < -0.3 is 26.0 Å². The number of aliphatic hydroxyl groups is 2. The lowest BCUT2D eigenvalue weighted by molar-refractivity contribution is 0.0955. The Morgan fingerprint density at radius 2 is 1.41 bits per heavy atom. The van der Waals surface area contributed by atoms with Gasteiger partial charge in [0.2, 0.25) is 0 Å². The van der Waals surface area contributed by atoms with Gasteiger partial charge in [-0.1, -0.05) is 78.8 Å². The minimum atomic E-state index is -1.06. The molecule has 0 saturated heterocycles. The predicted octanol–water partition coefficient (Wildman–Crippen LogP) is 5.03. The first-order chi connectivity index (χ1) is 15.8. The number of carbonyl (C=O) groups is 1. The van der Waals surface area contributed by atoms with Crippen LogP contribution in [0.4, 0.5) is 10.5 Å². The van der Waals surface area contributed by atoms with E-state index < -0.39 is 11.6 Å². The Morgan fingerprint density at radius 3 is 1.88 bits per heavy atom. The molecule has 0 aromatic heterocycles. The van der Waals surface area contributed by atoms with Crippen molar-refractivity contribution < 1.29 is 20.1 Å². The lowest BCUT2D eigenvalue weighted by Gasteiger charge is -2.29. The average Bonchev–Trinajstić information content (AvgIpc) is 2.76. The molecule has 2 rings (SSSR count). The van der Waals surface area contributed by atoms with Crippen LogP contribution in [0.1, 0.15) is 77.1 Å². The minimum Gasteiger partial charge on any atom is -0.507 e. The highest BCUT2D eigenvalue weighted by molar-refractivity contribution is 5.90. The highest BCUT2D eigenvalue weighted by atomic mass is 16.3. The van der Waals surface area contributed by atoms with E-state index in [-0.39, 0.29) is 24.0 Å². The molecule has 6 nitrogen and oxygen atoms in total. The van der Waals surface area contributed by atoms with Crippen LogP contribution in [0.15, 0.2) is 36.4 Å². The number of aromatic hydroxyl groups is 1. The van der Waals surface area contributed by atoms with Crippen molar-refractivity contribution in [2.75, 3.05) is 18.5 Å². The number of aliphatic hydroxyl groups excluding tert-OH is 2. The number of carbonyl (C=O) groups excluding carboxylic acids is 1. The first-order valence-electron chi connectivity index (χ1n) is 12.0. The van der Waals surface area contributed by atoms with Crippen LogP contribution in [-0.2, 0) is 23.7 Å². The zero-order chi connectivity index (χ0) is 25.7. The second kappa shape index (κ2) is 10.8. The fraction of sp³-hybridized carbons (Fsp3) is 0.536. The predicted molar refractivity (Wildman–Crippen MR) is 139 cm³/mol. The number of phenols is 1. The summed E-state index contributed by atoms with van der Waals surface area (Å²) in [4.78, 5) is 12.6. The molecule has 0 radical (unpaired) electrons. The number of urea groups is 1. The Bertz CT molecular complexity index is 939. The molecule has 0 spiro atoms. The van der Waals surface area contributed by atoms with E-state index in [0.717, 1.165) is 28.7 Å². The van der Waals surface area contributed by atoms with E-state index >= 15 is 0 Å². The molecular weight excluding hydrogens is 428 g/mol. The molecule has 0 aliphatic carbocycles. The summed E-state index contributed by atoms with van der Waals surface area (Å²) in [5.41, 5.74) is 3.23. The fourth-order valence-electron chi connectivity index (χ4n) is 3.96. The highest BCUT2D eigenvalue weighted by Gasteiger charge is 2.29. The van der Waals surface area contributed by atoms with E-state index in [4.69, 9.17) is 0 Å². The molecule has 0 aliphatic rings. The van der Waals surface area contributed by atoms with Gasteiger partial charge in [0.1, 0.15) is 5.75 Å². The number of aryl methyl sites for hydroxylation is 2. The lowest BCUT2D eigenvalue weighted by atomic mass is 9.78. The summed E-state index contributed by atoms with van der Waals surface area (Å²) < 4.78 is 0. The molecule has 34 heavy (non-hydrogen) atoms. The molecule has 0 aliphatic heterocycles. The number of para-hydroxylation sites is 1. The van der Waals surface area contributed by atoms with E-state index in [9.17, 15) is 20.1 Å². The van der Waals surface area contributed by atoms with Gasteiger partial charge in [-0.25, -0.2) is 4.79 Å². The molecule has 2 amide bonds. The van der Waals surface area contributed by atoms with Gasteiger partial charge in [-0.15, -0.1) is 0 Å². The topological polar surface area (TPSA) is 102 Å². The zero-order valence-electron chi connectivity index (χ0n) is 21.7. The Labute approximate surface area is 204 Å². The molecule has 5 N–H and O–H groups in total. The monoisotopic (exact) mass is 470 g/mol. The summed E-state index contributed by atoms with van der Waals surface area (Å²) in [7, 11) is 0. The number of nitrogens with one attached hydrogen (secondary N) is 2. The molecule has 0 heterocycles. The van der Waals surface area contributed by atoms with Crippen LogP contribution in [0.5, 0.6) is 5.75 Å². The molecule has 0 fully saturated rings. The number of rotatable bonds is 8. The van der Waals surface area contributed by atoms with Gasteiger partial charge in [0.05, 0.1) is 18.8 Å². The second-order valence-corrected chi connectivity index (χ2v) is 11.2. The number of hydrogen-bond donors (Lipinski definition) is 5. The third-order valence-electron chi connectivity index (χ3n) is 6.40. The summed E-state index contributed by atoms with van der Waals surface area (Å²) in [5.74, 6) is 0.370. The number of benzene rings is 2. The molecule has 2 aromatic carbocycles. The van der Waals surface area contributed by atoms with E-state index in [1.165, 1.54) is 0 Å². The van der Waals surface area contributed by atoms with Crippen LogP contribution in [0.2, 0.25) is 0 Å². The van der Waals surface area contributed by atoms with Gasteiger partial charge in [0.15, 0.2) is 0 Å². The molecule has 0 bridgehead atoms. The number of anilines is 1. The number of phenolic OH excluding ortho intramolecular Hbond substituents is 1. The van der Waals surface area contributed by atoms with E-state index in [2.05, 4.69) is 64.3 Å². The third kappa shape index (κ3) is 6.73. The van der Waals surface area contributed by atoms with Crippen molar-refractivity contribution >= 4 is 11.7 Å². The first-order valence-corrected chi connectivity index (χ1v) is 12.0. The molecular formula is C28H42N2O4. The maximum absolute atomic E-state index is 12.6. The Balaban J connectivity index is 2.28. The second-order valence-electron chi connectivity index (χ2n) is 11.2. The maximum Gasteiger partial charge on any atom is 0.319 e. The number of amides is 2. The fourth-order valence-corrected chi connectivity index (χ4v) is 3.96. The smallest absolute Gasteiger partial charge is 0.319 e. The molecule has 188 valence electrons. The highest BCUT2D eigenvalue weighted by Crippen LogP contribution is 2.40.